The third kappa shape index (κ3) is 6.67. The molecule has 0 saturated carbocycles. The van der Waals surface area contributed by atoms with E-state index < -0.39 is 11.8 Å². The lowest BCUT2D eigenvalue weighted by atomic mass is 10.1. The third-order valence-electron chi connectivity index (χ3n) is 7.56. The van der Waals surface area contributed by atoms with Crippen molar-refractivity contribution < 1.29 is 28.2 Å². The summed E-state index contributed by atoms with van der Waals surface area (Å²) in [7, 11) is 3.16. The lowest BCUT2D eigenvalue weighted by molar-refractivity contribution is 0.0827. The average Bonchev–Trinajstić information content (AvgIpc) is 3.54. The Hall–Kier alpha value is -5.33. The van der Waals surface area contributed by atoms with Crippen LogP contribution in [0.3, 0.4) is 0 Å². The number of halogens is 1. The molecule has 0 radical (unpaired) electrons. The Morgan fingerprint density at radius 1 is 0.935 bits per heavy atom. The minimum atomic E-state index is -0.719. The molecule has 1 saturated heterocycles. The molecule has 2 aromatic heterocycles. The molecule has 1 aliphatic heterocycles. The van der Waals surface area contributed by atoms with Crippen LogP contribution in [0.15, 0.2) is 77.2 Å². The van der Waals surface area contributed by atoms with Crippen molar-refractivity contribution in [1.82, 2.24) is 14.9 Å². The van der Waals surface area contributed by atoms with Gasteiger partial charge in [-0.1, -0.05) is 6.07 Å². The fourth-order valence-electron chi connectivity index (χ4n) is 5.18. The Balaban J connectivity index is 1.24. The van der Waals surface area contributed by atoms with E-state index in [-0.39, 0.29) is 23.8 Å². The van der Waals surface area contributed by atoms with E-state index in [1.807, 2.05) is 30.3 Å². The fraction of sp³-hybridized carbons (Fsp3) is 0.235. The molecule has 0 bridgehead atoms. The van der Waals surface area contributed by atoms with E-state index in [0.29, 0.717) is 55.8 Å². The van der Waals surface area contributed by atoms with Crippen LogP contribution in [0.4, 0.5) is 26.4 Å². The number of amides is 3. The Bertz CT molecular complexity index is 1890. The molecule has 46 heavy (non-hydrogen) atoms. The third-order valence-corrected chi connectivity index (χ3v) is 7.56. The van der Waals surface area contributed by atoms with E-state index in [9.17, 15) is 19.1 Å². The van der Waals surface area contributed by atoms with Gasteiger partial charge in [-0.15, -0.1) is 0 Å². The molecule has 3 N–H and O–H groups in total. The number of ether oxygens (including phenoxy) is 1. The molecule has 6 rings (SSSR count). The highest BCUT2D eigenvalue weighted by molar-refractivity contribution is 6.01. The van der Waals surface area contributed by atoms with E-state index in [0.717, 1.165) is 33.9 Å². The predicted octanol–water partition coefficient (Wildman–Crippen LogP) is 5.41. The molecule has 0 atom stereocenters. The van der Waals surface area contributed by atoms with E-state index in [1.54, 1.807) is 38.4 Å². The molecule has 236 valence electrons. The molecule has 1 fully saturated rings. The zero-order chi connectivity index (χ0) is 32.2. The summed E-state index contributed by atoms with van der Waals surface area (Å²) >= 11 is 0. The second kappa shape index (κ2) is 13.3. The number of furan rings is 1. The Kier molecular flexibility index (Phi) is 8.90. The van der Waals surface area contributed by atoms with Crippen molar-refractivity contribution in [3.05, 3.63) is 89.9 Å². The van der Waals surface area contributed by atoms with Crippen molar-refractivity contribution in [2.24, 2.45) is 0 Å². The summed E-state index contributed by atoms with van der Waals surface area (Å²) in [5.74, 6) is 1.65. The SMILES string of the molecule is CN(C)C(=O)c1ccc(NC(=O)Nc2ccc(-c3nc(N4CCOCC4)c4ccc(-c5ccc(CCO)o5)cc4n3)cc2)c(F)c1. The first kappa shape index (κ1) is 30.7. The number of urea groups is 1. The van der Waals surface area contributed by atoms with Crippen molar-refractivity contribution >= 4 is 40.0 Å². The van der Waals surface area contributed by atoms with Gasteiger partial charge in [0, 0.05) is 61.4 Å². The zero-order valence-electron chi connectivity index (χ0n) is 25.4. The number of fused-ring (bicyclic) bond motifs is 1. The maximum Gasteiger partial charge on any atom is 0.323 e. The number of rotatable bonds is 8. The summed E-state index contributed by atoms with van der Waals surface area (Å²) in [6, 6.07) is 20.0. The number of anilines is 3. The van der Waals surface area contributed by atoms with Crippen LogP contribution < -0.4 is 15.5 Å². The number of nitrogens with zero attached hydrogens (tertiary/aromatic N) is 4. The van der Waals surface area contributed by atoms with Crippen LogP contribution in [-0.4, -0.2) is 78.9 Å². The van der Waals surface area contributed by atoms with Gasteiger partial charge in [-0.25, -0.2) is 19.2 Å². The Morgan fingerprint density at radius 3 is 2.41 bits per heavy atom. The van der Waals surface area contributed by atoms with Gasteiger partial charge in [-0.3, -0.25) is 4.79 Å². The molecule has 0 aliphatic carbocycles. The quantitative estimate of drug-likeness (QED) is 0.209. The lowest BCUT2D eigenvalue weighted by Crippen LogP contribution is -2.37. The highest BCUT2D eigenvalue weighted by Crippen LogP contribution is 2.32. The van der Waals surface area contributed by atoms with Crippen molar-refractivity contribution in [3.63, 3.8) is 0 Å². The molecule has 3 heterocycles. The summed E-state index contributed by atoms with van der Waals surface area (Å²) in [4.78, 5) is 38.1. The highest BCUT2D eigenvalue weighted by atomic mass is 19.1. The molecule has 5 aromatic rings. The minimum Gasteiger partial charge on any atom is -0.461 e. The monoisotopic (exact) mass is 624 g/mol. The van der Waals surface area contributed by atoms with Gasteiger partial charge in [0.25, 0.3) is 5.91 Å². The van der Waals surface area contributed by atoms with Crippen LogP contribution in [0.25, 0.3) is 33.6 Å². The number of aliphatic hydroxyl groups is 1. The largest absolute Gasteiger partial charge is 0.461 e. The van der Waals surface area contributed by atoms with Gasteiger partial charge in [-0.05, 0) is 66.7 Å². The van der Waals surface area contributed by atoms with E-state index in [1.165, 1.54) is 17.0 Å². The smallest absolute Gasteiger partial charge is 0.323 e. The van der Waals surface area contributed by atoms with Crippen LogP contribution in [-0.2, 0) is 11.2 Å². The van der Waals surface area contributed by atoms with Crippen molar-refractivity contribution in [2.75, 3.05) is 62.5 Å². The minimum absolute atomic E-state index is 0.00988. The molecule has 12 heteroatoms. The topological polar surface area (TPSA) is 133 Å². The zero-order valence-corrected chi connectivity index (χ0v) is 25.4. The first-order chi connectivity index (χ1) is 22.3. The molecular weight excluding hydrogens is 591 g/mol. The fourth-order valence-corrected chi connectivity index (χ4v) is 5.18. The summed E-state index contributed by atoms with van der Waals surface area (Å²) in [6.07, 6.45) is 0.441. The lowest BCUT2D eigenvalue weighted by Gasteiger charge is -2.29. The van der Waals surface area contributed by atoms with Gasteiger partial charge >= 0.3 is 6.03 Å². The summed E-state index contributed by atoms with van der Waals surface area (Å²) in [5, 5.41) is 15.3. The Labute approximate surface area is 264 Å². The highest BCUT2D eigenvalue weighted by Gasteiger charge is 2.19. The molecule has 1 aliphatic rings. The van der Waals surface area contributed by atoms with Gasteiger partial charge < -0.3 is 34.7 Å². The summed E-state index contributed by atoms with van der Waals surface area (Å²) in [6.45, 7) is 2.61. The summed E-state index contributed by atoms with van der Waals surface area (Å²) < 4.78 is 26.1. The molecular formula is C34H33FN6O5. The molecule has 3 amide bonds. The Morgan fingerprint density at radius 2 is 1.70 bits per heavy atom. The van der Waals surface area contributed by atoms with Crippen molar-refractivity contribution in [3.8, 4) is 22.7 Å². The number of benzene rings is 3. The summed E-state index contributed by atoms with van der Waals surface area (Å²) in [5.41, 5.74) is 2.95. The van der Waals surface area contributed by atoms with Crippen LogP contribution >= 0.6 is 0 Å². The van der Waals surface area contributed by atoms with Crippen molar-refractivity contribution in [2.45, 2.75) is 6.42 Å². The molecule has 3 aromatic carbocycles. The number of hydrogen-bond acceptors (Lipinski definition) is 8. The normalized spacial score (nSPS) is 13.1. The number of nitrogens with one attached hydrogen (secondary N) is 2. The standard InChI is InChI=1S/C34H33FN6O5/c1-40(2)33(43)23-6-11-28(27(35)19-23)38-34(44)36-24-7-3-21(4-8-24)31-37-29-20-22(30-12-9-25(46-30)13-16-42)5-10-26(29)32(39-31)41-14-17-45-18-15-41/h3-12,19-20,42H,13-18H2,1-2H3,(H2,36,38,44). The number of carbonyl (C=O) groups is 2. The molecule has 11 nitrogen and oxygen atoms in total. The van der Waals surface area contributed by atoms with E-state index in [2.05, 4.69) is 15.5 Å². The molecule has 0 spiro atoms. The average molecular weight is 625 g/mol. The van der Waals surface area contributed by atoms with Crippen LogP contribution in [0.1, 0.15) is 16.1 Å². The van der Waals surface area contributed by atoms with Gasteiger partial charge in [0.05, 0.1) is 31.0 Å². The van der Waals surface area contributed by atoms with Crippen molar-refractivity contribution in [1.29, 1.82) is 0 Å². The van der Waals surface area contributed by atoms with Gasteiger partial charge in [0.15, 0.2) is 5.82 Å². The maximum absolute atomic E-state index is 14.6. The molecule has 0 unspecified atom stereocenters. The number of hydrogen-bond donors (Lipinski definition) is 3. The van der Waals surface area contributed by atoms with E-state index >= 15 is 0 Å². The van der Waals surface area contributed by atoms with Crippen LogP contribution in [0.5, 0.6) is 0 Å². The van der Waals surface area contributed by atoms with Crippen LogP contribution in [0, 0.1) is 5.82 Å². The maximum atomic E-state index is 14.6. The first-order valence-corrected chi connectivity index (χ1v) is 14.8. The van der Waals surface area contributed by atoms with E-state index in [4.69, 9.17) is 19.1 Å². The first-order valence-electron chi connectivity index (χ1n) is 14.8. The van der Waals surface area contributed by atoms with Gasteiger partial charge in [0.1, 0.15) is 23.2 Å². The number of aliphatic hydroxyl groups excluding tert-OH is 1. The van der Waals surface area contributed by atoms with Gasteiger partial charge in [-0.2, -0.15) is 0 Å². The second-order valence-electron chi connectivity index (χ2n) is 11.0. The number of morpholine rings is 1. The number of aromatic nitrogens is 2. The predicted molar refractivity (Wildman–Crippen MR) is 174 cm³/mol. The van der Waals surface area contributed by atoms with Gasteiger partial charge in [0.2, 0.25) is 0 Å². The second-order valence-corrected chi connectivity index (χ2v) is 11.0. The number of carbonyl (C=O) groups excluding carboxylic acids is 2. The van der Waals surface area contributed by atoms with Crippen LogP contribution in [0.2, 0.25) is 0 Å².